The van der Waals surface area contributed by atoms with Crippen LogP contribution >= 0.6 is 0 Å². The molecule has 0 bridgehead atoms. The highest BCUT2D eigenvalue weighted by Crippen LogP contribution is 2.22. The fourth-order valence-electron chi connectivity index (χ4n) is 3.10. The Hall–Kier alpha value is -2.11. The maximum atomic E-state index is 12.4. The summed E-state index contributed by atoms with van der Waals surface area (Å²) in [6.07, 6.45) is 1.14. The van der Waals surface area contributed by atoms with Gasteiger partial charge in [-0.2, -0.15) is 0 Å². The average Bonchev–Trinajstić information content (AvgIpc) is 2.46. The number of nitro benzene ring substituents is 1. The van der Waals surface area contributed by atoms with Crippen LogP contribution in [0.3, 0.4) is 0 Å². The minimum absolute atomic E-state index is 0.0406. The van der Waals surface area contributed by atoms with Crippen LogP contribution in [0.25, 0.3) is 0 Å². The highest BCUT2D eigenvalue weighted by atomic mass is 16.6. The van der Waals surface area contributed by atoms with Gasteiger partial charge in [0, 0.05) is 25.2 Å². The van der Waals surface area contributed by atoms with Crippen molar-refractivity contribution in [3.8, 4) is 0 Å². The summed E-state index contributed by atoms with van der Waals surface area (Å²) in [5, 5.41) is 13.8. The quantitative estimate of drug-likeness (QED) is 0.687. The van der Waals surface area contributed by atoms with E-state index in [4.69, 9.17) is 0 Å². The summed E-state index contributed by atoms with van der Waals surface area (Å²) in [5.74, 6) is 1.00. The number of piperidine rings is 1. The molecule has 1 aromatic rings. The molecule has 6 heteroatoms. The monoisotopic (exact) mass is 305 g/mol. The molecular formula is C16H23N3O3. The van der Waals surface area contributed by atoms with Crippen LogP contribution in [0.1, 0.15) is 38.8 Å². The van der Waals surface area contributed by atoms with Gasteiger partial charge in [-0.1, -0.05) is 26.0 Å². The van der Waals surface area contributed by atoms with Gasteiger partial charge in [-0.25, -0.2) is 4.79 Å². The second-order valence-corrected chi connectivity index (χ2v) is 6.37. The van der Waals surface area contributed by atoms with E-state index in [1.165, 1.54) is 12.1 Å². The van der Waals surface area contributed by atoms with E-state index in [1.54, 1.807) is 12.1 Å². The number of nitrogens with one attached hydrogen (secondary N) is 1. The summed E-state index contributed by atoms with van der Waals surface area (Å²) in [6, 6.07) is 6.02. The third-order valence-corrected chi connectivity index (χ3v) is 4.08. The fourth-order valence-corrected chi connectivity index (χ4v) is 3.10. The van der Waals surface area contributed by atoms with Crippen LogP contribution < -0.4 is 5.32 Å². The molecule has 0 saturated carbocycles. The van der Waals surface area contributed by atoms with E-state index >= 15 is 0 Å². The lowest BCUT2D eigenvalue weighted by Gasteiger charge is -2.35. The first-order valence-corrected chi connectivity index (χ1v) is 7.66. The third kappa shape index (κ3) is 3.96. The number of non-ortho nitro benzene ring substituents is 1. The van der Waals surface area contributed by atoms with Crippen LogP contribution in [0.5, 0.6) is 0 Å². The molecule has 0 radical (unpaired) electrons. The zero-order chi connectivity index (χ0) is 16.3. The van der Waals surface area contributed by atoms with Crippen molar-refractivity contribution in [2.75, 3.05) is 13.1 Å². The minimum atomic E-state index is -0.425. The smallest absolute Gasteiger partial charge is 0.317 e. The normalized spacial score (nSPS) is 23.0. The van der Waals surface area contributed by atoms with Gasteiger partial charge < -0.3 is 10.2 Å². The summed E-state index contributed by atoms with van der Waals surface area (Å²) in [4.78, 5) is 24.6. The van der Waals surface area contributed by atoms with E-state index in [9.17, 15) is 14.9 Å². The molecule has 1 fully saturated rings. The number of benzene rings is 1. The number of nitrogens with zero attached hydrogens (tertiary/aromatic N) is 2. The maximum Gasteiger partial charge on any atom is 0.317 e. The highest BCUT2D eigenvalue weighted by Gasteiger charge is 2.26. The summed E-state index contributed by atoms with van der Waals surface area (Å²) in [5.41, 5.74) is 0.777. The van der Waals surface area contributed by atoms with Crippen molar-refractivity contribution in [3.63, 3.8) is 0 Å². The second-order valence-electron chi connectivity index (χ2n) is 6.37. The van der Waals surface area contributed by atoms with E-state index in [0.717, 1.165) is 25.1 Å². The Morgan fingerprint density at radius 3 is 2.59 bits per heavy atom. The predicted octanol–water partition coefficient (Wildman–Crippen LogP) is 3.34. The van der Waals surface area contributed by atoms with Crippen LogP contribution in [-0.4, -0.2) is 28.9 Å². The van der Waals surface area contributed by atoms with Gasteiger partial charge in [0.05, 0.1) is 11.0 Å². The van der Waals surface area contributed by atoms with E-state index in [0.29, 0.717) is 11.8 Å². The molecule has 6 nitrogen and oxygen atoms in total. The van der Waals surface area contributed by atoms with Crippen LogP contribution in [0, 0.1) is 22.0 Å². The van der Waals surface area contributed by atoms with Gasteiger partial charge in [0.25, 0.3) is 5.69 Å². The molecule has 1 aliphatic rings. The lowest BCUT2D eigenvalue weighted by molar-refractivity contribution is -0.384. The first kappa shape index (κ1) is 16.3. The lowest BCUT2D eigenvalue weighted by Crippen LogP contribution is -2.48. The maximum absolute atomic E-state index is 12.4. The topological polar surface area (TPSA) is 75.5 Å². The number of carbonyl (C=O) groups is 1. The van der Waals surface area contributed by atoms with Gasteiger partial charge in [-0.05, 0) is 30.7 Å². The molecule has 120 valence electrons. The molecule has 2 rings (SSSR count). The van der Waals surface area contributed by atoms with Crippen LogP contribution in [0.2, 0.25) is 0 Å². The van der Waals surface area contributed by atoms with Gasteiger partial charge in [-0.15, -0.1) is 0 Å². The number of amides is 2. The molecule has 0 aromatic heterocycles. The van der Waals surface area contributed by atoms with Gasteiger partial charge in [-0.3, -0.25) is 10.1 Å². The van der Waals surface area contributed by atoms with Gasteiger partial charge in [0.2, 0.25) is 0 Å². The first-order chi connectivity index (χ1) is 10.4. The molecule has 1 aliphatic heterocycles. The van der Waals surface area contributed by atoms with Crippen molar-refractivity contribution in [2.24, 2.45) is 11.8 Å². The Morgan fingerprint density at radius 1 is 1.36 bits per heavy atom. The first-order valence-electron chi connectivity index (χ1n) is 7.66. The van der Waals surface area contributed by atoms with Gasteiger partial charge in [0.15, 0.2) is 0 Å². The lowest BCUT2D eigenvalue weighted by atomic mass is 9.92. The molecule has 2 amide bonds. The van der Waals surface area contributed by atoms with Crippen molar-refractivity contribution in [1.82, 2.24) is 10.2 Å². The number of nitro groups is 1. The number of hydrogen-bond donors (Lipinski definition) is 1. The SMILES string of the molecule is CC1CC(C)CN(C(=O)NC(C)c2cccc([N+](=O)[O-])c2)C1. The third-order valence-electron chi connectivity index (χ3n) is 4.08. The molecule has 1 aromatic carbocycles. The number of carbonyl (C=O) groups excluding carboxylic acids is 1. The van der Waals surface area contributed by atoms with E-state index in [-0.39, 0.29) is 17.8 Å². The van der Waals surface area contributed by atoms with Crippen molar-refractivity contribution in [2.45, 2.75) is 33.2 Å². The highest BCUT2D eigenvalue weighted by molar-refractivity contribution is 5.74. The van der Waals surface area contributed by atoms with Crippen molar-refractivity contribution >= 4 is 11.7 Å². The molecule has 3 atom stereocenters. The molecule has 0 spiro atoms. The zero-order valence-corrected chi connectivity index (χ0v) is 13.3. The fraction of sp³-hybridized carbons (Fsp3) is 0.562. The Bertz CT molecular complexity index is 551. The Labute approximate surface area is 130 Å². The Balaban J connectivity index is 2.02. The van der Waals surface area contributed by atoms with E-state index in [2.05, 4.69) is 19.2 Å². The van der Waals surface area contributed by atoms with E-state index < -0.39 is 4.92 Å². The molecule has 22 heavy (non-hydrogen) atoms. The van der Waals surface area contributed by atoms with Crippen molar-refractivity contribution < 1.29 is 9.72 Å². The Kier molecular flexibility index (Phi) is 5.00. The molecule has 1 N–H and O–H groups in total. The zero-order valence-electron chi connectivity index (χ0n) is 13.3. The minimum Gasteiger partial charge on any atom is -0.331 e. The van der Waals surface area contributed by atoms with E-state index in [1.807, 2.05) is 11.8 Å². The second kappa shape index (κ2) is 6.77. The molecule has 1 saturated heterocycles. The van der Waals surface area contributed by atoms with Crippen LogP contribution in [0.15, 0.2) is 24.3 Å². The molecular weight excluding hydrogens is 282 g/mol. The number of urea groups is 1. The largest absolute Gasteiger partial charge is 0.331 e. The summed E-state index contributed by atoms with van der Waals surface area (Å²) >= 11 is 0. The van der Waals surface area contributed by atoms with Crippen molar-refractivity contribution in [1.29, 1.82) is 0 Å². The van der Waals surface area contributed by atoms with Crippen molar-refractivity contribution in [3.05, 3.63) is 39.9 Å². The molecule has 3 unspecified atom stereocenters. The van der Waals surface area contributed by atoms with Gasteiger partial charge >= 0.3 is 6.03 Å². The number of likely N-dealkylation sites (tertiary alicyclic amines) is 1. The molecule has 1 heterocycles. The average molecular weight is 305 g/mol. The predicted molar refractivity (Wildman–Crippen MR) is 84.6 cm³/mol. The van der Waals surface area contributed by atoms with Crippen LogP contribution in [0.4, 0.5) is 10.5 Å². The summed E-state index contributed by atoms with van der Waals surface area (Å²) < 4.78 is 0. The number of rotatable bonds is 3. The van der Waals surface area contributed by atoms with Crippen LogP contribution in [-0.2, 0) is 0 Å². The van der Waals surface area contributed by atoms with Gasteiger partial charge in [0.1, 0.15) is 0 Å². The molecule has 0 aliphatic carbocycles. The number of hydrogen-bond acceptors (Lipinski definition) is 3. The summed E-state index contributed by atoms with van der Waals surface area (Å²) in [6.45, 7) is 7.67. The summed E-state index contributed by atoms with van der Waals surface area (Å²) in [7, 11) is 0. The standard InChI is InChI=1S/C16H23N3O3/c1-11-7-12(2)10-18(9-11)16(20)17-13(3)14-5-4-6-15(8-14)19(21)22/h4-6,8,11-13H,7,9-10H2,1-3H3,(H,17,20). The Morgan fingerprint density at radius 2 is 2.00 bits per heavy atom.